The second-order valence-electron chi connectivity index (χ2n) is 7.93. The van der Waals surface area contributed by atoms with E-state index in [0.717, 1.165) is 0 Å². The Balaban J connectivity index is 1.80. The lowest BCUT2D eigenvalue weighted by Crippen LogP contribution is -2.63. The summed E-state index contributed by atoms with van der Waals surface area (Å²) < 4.78 is 47.1. The van der Waals surface area contributed by atoms with Crippen LogP contribution in [0, 0.1) is 12.3 Å². The lowest BCUT2D eigenvalue weighted by atomic mass is 9.62. The molecule has 154 valence electrons. The molecule has 0 unspecified atom stereocenters. The van der Waals surface area contributed by atoms with Crippen LogP contribution in [0.1, 0.15) is 23.9 Å². The first-order chi connectivity index (χ1) is 13.5. The van der Waals surface area contributed by atoms with Crippen molar-refractivity contribution in [2.24, 2.45) is 5.41 Å². The van der Waals surface area contributed by atoms with E-state index >= 15 is 0 Å². The molecule has 8 heteroatoms. The summed E-state index contributed by atoms with van der Waals surface area (Å²) in [6.45, 7) is 4.95. The number of halogens is 3. The van der Waals surface area contributed by atoms with Crippen LogP contribution in [0.5, 0.6) is 5.75 Å². The Morgan fingerprint density at radius 3 is 2.31 bits per heavy atom. The third kappa shape index (κ3) is 3.36. The number of likely N-dealkylation sites (tertiary alicyclic amines) is 1. The highest BCUT2D eigenvalue weighted by Crippen LogP contribution is 2.50. The summed E-state index contributed by atoms with van der Waals surface area (Å²) >= 11 is 0. The van der Waals surface area contributed by atoms with Gasteiger partial charge in [0.1, 0.15) is 16.9 Å². The molecule has 1 fully saturated rings. The first-order valence-electron chi connectivity index (χ1n) is 9.15. The first kappa shape index (κ1) is 19.7. The molecular formula is C21H21F3N2O3. The first-order valence-corrected chi connectivity index (χ1v) is 9.15. The fourth-order valence-corrected chi connectivity index (χ4v) is 4.40. The molecule has 0 saturated carbocycles. The van der Waals surface area contributed by atoms with E-state index in [1.165, 1.54) is 24.3 Å². The highest BCUT2D eigenvalue weighted by molar-refractivity contribution is 5.74. The van der Waals surface area contributed by atoms with E-state index in [-0.39, 0.29) is 5.75 Å². The van der Waals surface area contributed by atoms with Crippen molar-refractivity contribution in [3.8, 4) is 5.75 Å². The number of fused-ring (bicyclic) bond motifs is 1. The summed E-state index contributed by atoms with van der Waals surface area (Å²) in [6, 6.07) is 10.7. The zero-order chi connectivity index (χ0) is 21.0. The smallest absolute Gasteiger partial charge is 0.441 e. The van der Waals surface area contributed by atoms with E-state index in [1.807, 2.05) is 14.0 Å². The van der Waals surface area contributed by atoms with Gasteiger partial charge < -0.3 is 19.2 Å². The molecule has 1 saturated heterocycles. The zero-order valence-electron chi connectivity index (χ0n) is 16.2. The summed E-state index contributed by atoms with van der Waals surface area (Å²) in [5, 5.41) is 12.0. The van der Waals surface area contributed by atoms with Crippen molar-refractivity contribution in [1.82, 2.24) is 9.88 Å². The molecule has 2 aromatic carbocycles. The Labute approximate surface area is 165 Å². The molecule has 1 aromatic heterocycles. The lowest BCUT2D eigenvalue weighted by molar-refractivity contribution is -0.274. The van der Waals surface area contributed by atoms with Gasteiger partial charge in [-0.3, -0.25) is 0 Å². The minimum atomic E-state index is -4.77. The molecule has 1 aliphatic rings. The summed E-state index contributed by atoms with van der Waals surface area (Å²) in [4.78, 5) is 6.36. The molecule has 0 amide bonds. The fourth-order valence-electron chi connectivity index (χ4n) is 4.40. The maximum absolute atomic E-state index is 12.5. The van der Waals surface area contributed by atoms with Crippen LogP contribution in [0.25, 0.3) is 11.1 Å². The van der Waals surface area contributed by atoms with E-state index in [2.05, 4.69) is 14.6 Å². The van der Waals surface area contributed by atoms with Gasteiger partial charge in [0.2, 0.25) is 0 Å². The van der Waals surface area contributed by atoms with Gasteiger partial charge in [0, 0.05) is 25.4 Å². The van der Waals surface area contributed by atoms with Gasteiger partial charge in [-0.15, -0.1) is 13.2 Å². The number of benzene rings is 2. The summed E-state index contributed by atoms with van der Waals surface area (Å²) in [5.41, 5.74) is 0.326. The lowest BCUT2D eigenvalue weighted by Gasteiger charge is -2.56. The van der Waals surface area contributed by atoms with Crippen LogP contribution in [0.2, 0.25) is 0 Å². The number of aliphatic hydroxyl groups is 1. The second kappa shape index (κ2) is 6.47. The summed E-state index contributed by atoms with van der Waals surface area (Å²) in [7, 11) is 1.95. The van der Waals surface area contributed by atoms with Crippen LogP contribution in [0.4, 0.5) is 13.2 Å². The van der Waals surface area contributed by atoms with Crippen LogP contribution in [-0.2, 0) is 5.60 Å². The number of oxazole rings is 1. The molecule has 2 heterocycles. The molecule has 3 aromatic rings. The number of nitrogens with zero attached hydrogens (tertiary/aromatic N) is 2. The highest BCUT2D eigenvalue weighted by Gasteiger charge is 2.55. The molecule has 0 bridgehead atoms. The topological polar surface area (TPSA) is 58.7 Å². The molecule has 4 rings (SSSR count). The normalized spacial score (nSPS) is 19.0. The van der Waals surface area contributed by atoms with Gasteiger partial charge in [-0.25, -0.2) is 4.98 Å². The van der Waals surface area contributed by atoms with E-state index in [1.54, 1.807) is 25.1 Å². The molecule has 0 radical (unpaired) electrons. The molecule has 0 spiro atoms. The van der Waals surface area contributed by atoms with Crippen LogP contribution >= 0.6 is 0 Å². The summed E-state index contributed by atoms with van der Waals surface area (Å²) in [5.74, 6) is 0.185. The Bertz CT molecular complexity index is 1040. The van der Waals surface area contributed by atoms with Crippen molar-refractivity contribution in [1.29, 1.82) is 0 Å². The van der Waals surface area contributed by atoms with E-state index < -0.39 is 17.4 Å². The van der Waals surface area contributed by atoms with Crippen molar-refractivity contribution in [2.75, 3.05) is 20.1 Å². The Hall–Kier alpha value is -2.58. The van der Waals surface area contributed by atoms with Crippen molar-refractivity contribution in [3.63, 3.8) is 0 Å². The number of hydrogen-bond acceptors (Lipinski definition) is 5. The Morgan fingerprint density at radius 1 is 1.10 bits per heavy atom. The van der Waals surface area contributed by atoms with Gasteiger partial charge in [0.25, 0.3) is 0 Å². The van der Waals surface area contributed by atoms with Crippen molar-refractivity contribution in [2.45, 2.75) is 25.8 Å². The maximum Gasteiger partial charge on any atom is 0.573 e. The van der Waals surface area contributed by atoms with Gasteiger partial charge in [-0.05, 0) is 42.4 Å². The van der Waals surface area contributed by atoms with Crippen LogP contribution in [0.3, 0.4) is 0 Å². The maximum atomic E-state index is 12.5. The molecule has 0 aliphatic carbocycles. The number of aryl methyl sites for hydroxylation is 1. The SMILES string of the molecule is Cc1nc2ccc([C@@](O)(c3ccc(OC(F)(F)F)cc3)C3(C)CN(C)C3)cc2o1. The number of ether oxygens (including phenoxy) is 1. The second-order valence-corrected chi connectivity index (χ2v) is 7.93. The van der Waals surface area contributed by atoms with Gasteiger partial charge in [0.15, 0.2) is 11.5 Å². The Kier molecular flexibility index (Phi) is 4.40. The minimum absolute atomic E-state index is 0.333. The predicted molar refractivity (Wildman–Crippen MR) is 100 cm³/mol. The average Bonchev–Trinajstić information content (AvgIpc) is 2.98. The van der Waals surface area contributed by atoms with Gasteiger partial charge in [0.05, 0.1) is 0 Å². The molecule has 5 nitrogen and oxygen atoms in total. The van der Waals surface area contributed by atoms with Gasteiger partial charge in [-0.2, -0.15) is 0 Å². The number of hydrogen-bond donors (Lipinski definition) is 1. The van der Waals surface area contributed by atoms with Crippen LogP contribution in [-0.4, -0.2) is 41.5 Å². The molecule has 29 heavy (non-hydrogen) atoms. The fraction of sp³-hybridized carbons (Fsp3) is 0.381. The minimum Gasteiger partial charge on any atom is -0.441 e. The van der Waals surface area contributed by atoms with E-state index in [0.29, 0.717) is 41.2 Å². The quantitative estimate of drug-likeness (QED) is 0.703. The summed E-state index contributed by atoms with van der Waals surface area (Å²) in [6.07, 6.45) is -4.77. The van der Waals surface area contributed by atoms with Crippen molar-refractivity contribution < 1.29 is 27.4 Å². The zero-order valence-corrected chi connectivity index (χ0v) is 16.2. The largest absolute Gasteiger partial charge is 0.573 e. The molecule has 1 N–H and O–H groups in total. The third-order valence-corrected chi connectivity index (χ3v) is 5.53. The molecular weight excluding hydrogens is 385 g/mol. The molecule has 1 aliphatic heterocycles. The number of aromatic nitrogens is 1. The predicted octanol–water partition coefficient (Wildman–Crippen LogP) is 4.22. The average molecular weight is 406 g/mol. The van der Waals surface area contributed by atoms with E-state index in [9.17, 15) is 18.3 Å². The van der Waals surface area contributed by atoms with Crippen LogP contribution < -0.4 is 4.74 Å². The highest BCUT2D eigenvalue weighted by atomic mass is 19.4. The third-order valence-electron chi connectivity index (χ3n) is 5.53. The standard InChI is InChI=1S/C21H21F3N2O3/c1-13-25-17-9-6-15(10-18(17)28-13)20(27,19(2)11-26(3)12-19)14-4-7-16(8-5-14)29-21(22,23)24/h4-10,27H,11-12H2,1-3H3/t20-/m0/s1. The van der Waals surface area contributed by atoms with Crippen LogP contribution in [0.15, 0.2) is 46.9 Å². The van der Waals surface area contributed by atoms with Gasteiger partial charge >= 0.3 is 6.36 Å². The Morgan fingerprint density at radius 2 is 1.72 bits per heavy atom. The number of rotatable bonds is 4. The molecule has 1 atom stereocenters. The van der Waals surface area contributed by atoms with Crippen molar-refractivity contribution >= 4 is 11.1 Å². The van der Waals surface area contributed by atoms with Gasteiger partial charge in [-0.1, -0.05) is 25.1 Å². The number of alkyl halides is 3. The van der Waals surface area contributed by atoms with Crippen molar-refractivity contribution in [3.05, 3.63) is 59.5 Å². The van der Waals surface area contributed by atoms with E-state index in [4.69, 9.17) is 4.42 Å². The monoisotopic (exact) mass is 406 g/mol.